The van der Waals surface area contributed by atoms with Gasteiger partial charge in [-0.2, -0.15) is 0 Å². The Balaban J connectivity index is 1.56. The summed E-state index contributed by atoms with van der Waals surface area (Å²) < 4.78 is 20.4. The largest absolute Gasteiger partial charge is 0.491 e. The van der Waals surface area contributed by atoms with Crippen molar-refractivity contribution < 1.29 is 23.6 Å². The summed E-state index contributed by atoms with van der Waals surface area (Å²) in [6.45, 7) is 7.60. The lowest BCUT2D eigenvalue weighted by molar-refractivity contribution is -0.942. The number of piperidine rings is 1. The van der Waals surface area contributed by atoms with E-state index in [-0.39, 0.29) is 18.1 Å². The SMILES string of the molecule is CC(C)Oc1cccc(C[NH+]2CC[C@@]3(C[C@@H]2C)C(=O)NC(=O)N3c2cc(F)ccc2Br)c1. The van der Waals surface area contributed by atoms with Gasteiger partial charge < -0.3 is 9.64 Å². The molecule has 2 N–H and O–H groups in total. The Labute approximate surface area is 195 Å². The van der Waals surface area contributed by atoms with Crippen molar-refractivity contribution in [2.75, 3.05) is 11.4 Å². The first-order chi connectivity index (χ1) is 15.2. The molecule has 0 saturated carbocycles. The smallest absolute Gasteiger partial charge is 0.329 e. The topological polar surface area (TPSA) is 63.1 Å². The van der Waals surface area contributed by atoms with Crippen LogP contribution in [0.15, 0.2) is 46.9 Å². The third-order valence-corrected chi connectivity index (χ3v) is 7.00. The van der Waals surface area contributed by atoms with E-state index in [9.17, 15) is 14.0 Å². The number of hydrogen-bond acceptors (Lipinski definition) is 3. The Morgan fingerprint density at radius 2 is 2.06 bits per heavy atom. The van der Waals surface area contributed by atoms with Gasteiger partial charge in [0.2, 0.25) is 0 Å². The Bertz CT molecular complexity index is 1050. The van der Waals surface area contributed by atoms with Gasteiger partial charge in [0.25, 0.3) is 5.91 Å². The van der Waals surface area contributed by atoms with E-state index in [1.165, 1.54) is 21.9 Å². The molecule has 3 amide bonds. The summed E-state index contributed by atoms with van der Waals surface area (Å²) in [5.41, 5.74) is 0.527. The summed E-state index contributed by atoms with van der Waals surface area (Å²) in [6, 6.07) is 11.9. The molecule has 3 atom stereocenters. The number of amides is 3. The molecule has 1 unspecified atom stereocenters. The molecule has 2 saturated heterocycles. The number of urea groups is 1. The zero-order chi connectivity index (χ0) is 23.0. The Morgan fingerprint density at radius 3 is 2.78 bits per heavy atom. The molecule has 2 aliphatic heterocycles. The summed E-state index contributed by atoms with van der Waals surface area (Å²) in [5.74, 6) is 0.0860. The second-order valence-electron chi connectivity index (χ2n) is 8.98. The highest BCUT2D eigenvalue weighted by Gasteiger charge is 2.58. The van der Waals surface area contributed by atoms with E-state index in [1.54, 1.807) is 6.07 Å². The van der Waals surface area contributed by atoms with Gasteiger partial charge in [-0.1, -0.05) is 12.1 Å². The Morgan fingerprint density at radius 1 is 1.28 bits per heavy atom. The minimum absolute atomic E-state index is 0.109. The van der Waals surface area contributed by atoms with E-state index in [2.05, 4.69) is 40.3 Å². The molecule has 8 heteroatoms. The second-order valence-corrected chi connectivity index (χ2v) is 9.83. The number of carbonyl (C=O) groups excluding carboxylic acids is 2. The molecule has 1 spiro atoms. The zero-order valence-corrected chi connectivity index (χ0v) is 20.0. The molecule has 170 valence electrons. The van der Waals surface area contributed by atoms with Crippen LogP contribution < -0.4 is 19.9 Å². The van der Waals surface area contributed by atoms with Crippen LogP contribution in [0.1, 0.15) is 39.2 Å². The van der Waals surface area contributed by atoms with E-state index < -0.39 is 17.4 Å². The van der Waals surface area contributed by atoms with E-state index in [1.807, 2.05) is 26.0 Å². The number of anilines is 1. The zero-order valence-electron chi connectivity index (χ0n) is 18.5. The van der Waals surface area contributed by atoms with E-state index in [4.69, 9.17) is 4.74 Å². The molecule has 2 aromatic rings. The number of likely N-dealkylation sites (tertiary alicyclic amines) is 1. The van der Waals surface area contributed by atoms with E-state index >= 15 is 0 Å². The first-order valence-electron chi connectivity index (χ1n) is 10.9. The molecule has 0 aliphatic carbocycles. The highest BCUT2D eigenvalue weighted by Crippen LogP contribution is 2.39. The van der Waals surface area contributed by atoms with Gasteiger partial charge in [-0.15, -0.1) is 0 Å². The maximum absolute atomic E-state index is 14.0. The van der Waals surface area contributed by atoms with Crippen molar-refractivity contribution in [2.24, 2.45) is 0 Å². The second kappa shape index (κ2) is 8.83. The summed E-state index contributed by atoms with van der Waals surface area (Å²) in [4.78, 5) is 28.5. The van der Waals surface area contributed by atoms with Crippen molar-refractivity contribution in [2.45, 2.75) is 57.8 Å². The van der Waals surface area contributed by atoms with Crippen LogP contribution >= 0.6 is 15.9 Å². The van der Waals surface area contributed by atoms with Crippen molar-refractivity contribution in [1.82, 2.24) is 5.32 Å². The predicted molar refractivity (Wildman–Crippen MR) is 123 cm³/mol. The van der Waals surface area contributed by atoms with Crippen LogP contribution in [0.4, 0.5) is 14.9 Å². The van der Waals surface area contributed by atoms with E-state index in [0.29, 0.717) is 29.5 Å². The summed E-state index contributed by atoms with van der Waals surface area (Å²) in [7, 11) is 0. The molecule has 0 bridgehead atoms. The lowest BCUT2D eigenvalue weighted by Gasteiger charge is -2.43. The van der Waals surface area contributed by atoms with Crippen molar-refractivity contribution in [3.8, 4) is 5.75 Å². The fourth-order valence-electron chi connectivity index (χ4n) is 4.86. The van der Waals surface area contributed by atoms with Crippen molar-refractivity contribution in [3.05, 3.63) is 58.3 Å². The summed E-state index contributed by atoms with van der Waals surface area (Å²) in [6.07, 6.45) is 1.10. The molecule has 4 rings (SSSR count). The fraction of sp³-hybridized carbons (Fsp3) is 0.417. The molecule has 2 heterocycles. The van der Waals surface area contributed by atoms with Gasteiger partial charge in [0.15, 0.2) is 0 Å². The van der Waals surface area contributed by atoms with Gasteiger partial charge in [0.1, 0.15) is 23.7 Å². The number of imide groups is 1. The van der Waals surface area contributed by atoms with Gasteiger partial charge in [-0.05, 0) is 67.0 Å². The van der Waals surface area contributed by atoms with Gasteiger partial charge in [0.05, 0.1) is 24.4 Å². The van der Waals surface area contributed by atoms with Crippen LogP contribution in [0.25, 0.3) is 0 Å². The van der Waals surface area contributed by atoms with Crippen LogP contribution in [0.2, 0.25) is 0 Å². The van der Waals surface area contributed by atoms with Gasteiger partial charge in [-0.25, -0.2) is 9.18 Å². The van der Waals surface area contributed by atoms with Crippen LogP contribution in [-0.2, 0) is 11.3 Å². The molecular weight excluding hydrogens is 477 g/mol. The molecule has 2 aromatic carbocycles. The van der Waals surface area contributed by atoms with Crippen LogP contribution in [0.5, 0.6) is 5.75 Å². The molecule has 2 fully saturated rings. The van der Waals surface area contributed by atoms with Crippen molar-refractivity contribution in [3.63, 3.8) is 0 Å². The molecule has 6 nitrogen and oxygen atoms in total. The standard InChI is InChI=1S/C24H27BrFN3O3/c1-15(2)32-19-6-4-5-17(11-19)14-28-10-9-24(13-16(28)3)22(30)27-23(31)29(24)21-12-18(26)7-8-20(21)25/h4-8,11-12,15-16H,9-10,13-14H2,1-3H3,(H,27,30,31)/p+1/t16-,24+/m0/s1. The van der Waals surface area contributed by atoms with Gasteiger partial charge in [0, 0.05) is 22.9 Å². The number of ether oxygens (including phenoxy) is 1. The molecule has 2 aliphatic rings. The minimum Gasteiger partial charge on any atom is -0.491 e. The predicted octanol–water partition coefficient (Wildman–Crippen LogP) is 3.44. The highest BCUT2D eigenvalue weighted by atomic mass is 79.9. The number of halogens is 2. The molecule has 0 aromatic heterocycles. The summed E-state index contributed by atoms with van der Waals surface area (Å²) in [5, 5.41) is 2.46. The Hall–Kier alpha value is -2.45. The number of hydrogen-bond donors (Lipinski definition) is 2. The van der Waals surface area contributed by atoms with Crippen LogP contribution in [0.3, 0.4) is 0 Å². The molecular formula is C24H28BrFN3O3+. The quantitative estimate of drug-likeness (QED) is 0.613. The number of quaternary nitrogens is 1. The first kappa shape index (κ1) is 22.7. The van der Waals surface area contributed by atoms with Crippen molar-refractivity contribution >= 4 is 33.6 Å². The van der Waals surface area contributed by atoms with Gasteiger partial charge in [-0.3, -0.25) is 15.0 Å². The maximum atomic E-state index is 14.0. The third-order valence-electron chi connectivity index (χ3n) is 6.33. The fourth-order valence-corrected chi connectivity index (χ4v) is 5.29. The lowest BCUT2D eigenvalue weighted by atomic mass is 9.81. The minimum atomic E-state index is -1.01. The van der Waals surface area contributed by atoms with Gasteiger partial charge >= 0.3 is 6.03 Å². The number of nitrogens with zero attached hydrogens (tertiary/aromatic N) is 1. The van der Waals surface area contributed by atoms with Crippen LogP contribution in [-0.4, -0.2) is 36.2 Å². The number of rotatable bonds is 5. The lowest BCUT2D eigenvalue weighted by Crippen LogP contribution is -3.16. The summed E-state index contributed by atoms with van der Waals surface area (Å²) >= 11 is 3.42. The number of carbonyl (C=O) groups is 2. The first-order valence-corrected chi connectivity index (χ1v) is 11.7. The maximum Gasteiger partial charge on any atom is 0.329 e. The van der Waals surface area contributed by atoms with Crippen LogP contribution in [0, 0.1) is 5.82 Å². The molecule has 32 heavy (non-hydrogen) atoms. The third kappa shape index (κ3) is 4.26. The van der Waals surface area contributed by atoms with Crippen molar-refractivity contribution in [1.29, 1.82) is 0 Å². The number of benzene rings is 2. The average molecular weight is 505 g/mol. The monoisotopic (exact) mass is 504 g/mol. The Kier molecular flexibility index (Phi) is 6.27. The highest BCUT2D eigenvalue weighted by molar-refractivity contribution is 9.10. The number of nitrogens with one attached hydrogen (secondary N) is 2. The normalized spacial score (nSPS) is 25.5. The average Bonchev–Trinajstić information content (AvgIpc) is 2.95. The van der Waals surface area contributed by atoms with E-state index in [0.717, 1.165) is 17.9 Å². The molecule has 0 radical (unpaired) electrons.